The van der Waals surface area contributed by atoms with Crippen LogP contribution in [-0.2, 0) is 0 Å². The lowest BCUT2D eigenvalue weighted by atomic mass is 9.96. The highest BCUT2D eigenvalue weighted by molar-refractivity contribution is 5.77. The molecule has 0 saturated carbocycles. The fourth-order valence-electron chi connectivity index (χ4n) is 2.86. The fourth-order valence-corrected chi connectivity index (χ4v) is 2.86. The number of nitrogens with zero attached hydrogens (tertiary/aromatic N) is 4. The van der Waals surface area contributed by atoms with Gasteiger partial charge in [-0.05, 0) is 19.4 Å². The summed E-state index contributed by atoms with van der Waals surface area (Å²) in [5.74, 6) is 1.000. The van der Waals surface area contributed by atoms with Crippen LogP contribution in [0.3, 0.4) is 0 Å². The molecule has 0 aliphatic carbocycles. The quantitative estimate of drug-likeness (QED) is 0.754. The Bertz CT molecular complexity index is 758. The third kappa shape index (κ3) is 2.92. The van der Waals surface area contributed by atoms with Gasteiger partial charge in [0.05, 0.1) is 23.7 Å². The molecule has 122 valence electrons. The van der Waals surface area contributed by atoms with E-state index in [0.717, 1.165) is 48.4 Å². The summed E-state index contributed by atoms with van der Waals surface area (Å²) < 4.78 is 6.56. The van der Waals surface area contributed by atoms with Crippen LogP contribution in [0.5, 0.6) is 0 Å². The highest BCUT2D eigenvalue weighted by Crippen LogP contribution is 2.28. The van der Waals surface area contributed by atoms with Crippen molar-refractivity contribution in [2.75, 3.05) is 18.8 Å². The zero-order valence-electron chi connectivity index (χ0n) is 13.5. The van der Waals surface area contributed by atoms with Gasteiger partial charge in [0, 0.05) is 24.1 Å². The van der Waals surface area contributed by atoms with Crippen molar-refractivity contribution in [2.45, 2.75) is 32.6 Å². The Morgan fingerprint density at radius 1 is 1.35 bits per heavy atom. The smallest absolute Gasteiger partial charge is 0.165 e. The van der Waals surface area contributed by atoms with Gasteiger partial charge in [0.2, 0.25) is 0 Å². The fraction of sp³-hybridized carbons (Fsp3) is 0.438. The number of rotatable bonds is 2. The lowest BCUT2D eigenvalue weighted by Gasteiger charge is -2.22. The molecule has 1 atom stereocenters. The predicted octanol–water partition coefficient (Wildman–Crippen LogP) is 2.46. The van der Waals surface area contributed by atoms with E-state index in [2.05, 4.69) is 15.6 Å². The van der Waals surface area contributed by atoms with Crippen molar-refractivity contribution in [3.8, 4) is 11.1 Å². The van der Waals surface area contributed by atoms with Crippen molar-refractivity contribution in [3.05, 3.63) is 30.4 Å². The molecule has 1 fully saturated rings. The molecule has 7 nitrogen and oxygen atoms in total. The van der Waals surface area contributed by atoms with Crippen molar-refractivity contribution in [1.82, 2.24) is 25.1 Å². The summed E-state index contributed by atoms with van der Waals surface area (Å²) in [5.41, 5.74) is 9.64. The van der Waals surface area contributed by atoms with Crippen molar-refractivity contribution in [1.29, 1.82) is 0 Å². The summed E-state index contributed by atoms with van der Waals surface area (Å²) in [6.07, 6.45) is 7.28. The van der Waals surface area contributed by atoms with E-state index in [9.17, 15) is 0 Å². The van der Waals surface area contributed by atoms with Crippen LogP contribution in [0.15, 0.2) is 29.2 Å². The van der Waals surface area contributed by atoms with Crippen LogP contribution in [-0.4, -0.2) is 32.8 Å². The highest BCUT2D eigenvalue weighted by Gasteiger charge is 2.20. The largest absolute Gasteiger partial charge is 0.384 e. The molecule has 1 aliphatic heterocycles. The number of hydrogen-bond donors (Lipinski definition) is 2. The molecule has 4 heterocycles. The number of aromatic nitrogens is 4. The maximum Gasteiger partial charge on any atom is 0.165 e. The van der Waals surface area contributed by atoms with Crippen molar-refractivity contribution >= 4 is 11.5 Å². The number of piperidine rings is 1. The Balaban J connectivity index is 0.000000753. The lowest BCUT2D eigenvalue weighted by molar-refractivity contribution is 0.420. The number of hydrogen-bond acceptors (Lipinski definition) is 6. The third-order valence-corrected chi connectivity index (χ3v) is 3.98. The maximum atomic E-state index is 6.13. The van der Waals surface area contributed by atoms with E-state index in [1.165, 1.54) is 0 Å². The minimum atomic E-state index is 0.399. The zero-order chi connectivity index (χ0) is 16.2. The zero-order valence-corrected chi connectivity index (χ0v) is 13.5. The minimum absolute atomic E-state index is 0.399. The van der Waals surface area contributed by atoms with Gasteiger partial charge in [0.25, 0.3) is 0 Å². The molecule has 4 rings (SSSR count). The molecule has 1 unspecified atom stereocenters. The van der Waals surface area contributed by atoms with Crippen molar-refractivity contribution in [2.24, 2.45) is 0 Å². The average molecular weight is 314 g/mol. The van der Waals surface area contributed by atoms with Gasteiger partial charge in [-0.15, -0.1) is 0 Å². The third-order valence-electron chi connectivity index (χ3n) is 3.98. The van der Waals surface area contributed by atoms with E-state index in [1.807, 2.05) is 19.9 Å². The van der Waals surface area contributed by atoms with E-state index in [4.69, 9.17) is 15.2 Å². The SMILES string of the molecule is CC.Nc1cc(C2CCCNC2)nc2c(-c3cnoc3)cnn12. The summed E-state index contributed by atoms with van der Waals surface area (Å²) in [6, 6.07) is 1.93. The molecule has 0 bridgehead atoms. The Kier molecular flexibility index (Phi) is 4.57. The molecular formula is C16H22N6O. The molecule has 1 saturated heterocycles. The predicted molar refractivity (Wildman–Crippen MR) is 89.1 cm³/mol. The summed E-state index contributed by atoms with van der Waals surface area (Å²) in [4.78, 5) is 4.79. The number of nitrogens with two attached hydrogens (primary N) is 1. The summed E-state index contributed by atoms with van der Waals surface area (Å²) in [6.45, 7) is 6.02. The van der Waals surface area contributed by atoms with Crippen LogP contribution >= 0.6 is 0 Å². The Morgan fingerprint density at radius 3 is 2.91 bits per heavy atom. The first-order chi connectivity index (χ1) is 11.3. The van der Waals surface area contributed by atoms with E-state index in [0.29, 0.717) is 11.7 Å². The number of fused-ring (bicyclic) bond motifs is 1. The molecule has 3 aromatic rings. The van der Waals surface area contributed by atoms with Gasteiger partial charge in [-0.25, -0.2) is 4.98 Å². The first-order valence-corrected chi connectivity index (χ1v) is 8.07. The van der Waals surface area contributed by atoms with Crippen LogP contribution in [0.1, 0.15) is 38.3 Å². The molecule has 0 aromatic carbocycles. The minimum Gasteiger partial charge on any atom is -0.384 e. The normalized spacial score (nSPS) is 17.7. The van der Waals surface area contributed by atoms with Gasteiger partial charge in [-0.3, -0.25) is 0 Å². The van der Waals surface area contributed by atoms with Crippen LogP contribution < -0.4 is 11.1 Å². The van der Waals surface area contributed by atoms with Crippen molar-refractivity contribution in [3.63, 3.8) is 0 Å². The van der Waals surface area contributed by atoms with Gasteiger partial charge >= 0.3 is 0 Å². The summed E-state index contributed by atoms with van der Waals surface area (Å²) in [5, 5.41) is 11.5. The van der Waals surface area contributed by atoms with Gasteiger partial charge in [-0.2, -0.15) is 9.61 Å². The number of anilines is 1. The molecule has 7 heteroatoms. The van der Waals surface area contributed by atoms with Gasteiger partial charge in [0.15, 0.2) is 5.65 Å². The molecule has 3 N–H and O–H groups in total. The second kappa shape index (κ2) is 6.78. The van der Waals surface area contributed by atoms with Gasteiger partial charge in [-0.1, -0.05) is 19.0 Å². The Labute approximate surface area is 134 Å². The van der Waals surface area contributed by atoms with Crippen LogP contribution in [0, 0.1) is 0 Å². The lowest BCUT2D eigenvalue weighted by Crippen LogP contribution is -2.29. The Hall–Kier alpha value is -2.41. The molecular weight excluding hydrogens is 292 g/mol. The molecule has 3 aromatic heterocycles. The van der Waals surface area contributed by atoms with Gasteiger partial charge < -0.3 is 15.6 Å². The summed E-state index contributed by atoms with van der Waals surface area (Å²) >= 11 is 0. The van der Waals surface area contributed by atoms with E-state index in [-0.39, 0.29) is 0 Å². The summed E-state index contributed by atoms with van der Waals surface area (Å²) in [7, 11) is 0. The van der Waals surface area contributed by atoms with E-state index < -0.39 is 0 Å². The molecule has 0 amide bonds. The van der Waals surface area contributed by atoms with Crippen LogP contribution in [0.4, 0.5) is 5.82 Å². The van der Waals surface area contributed by atoms with E-state index in [1.54, 1.807) is 23.2 Å². The topological polar surface area (TPSA) is 94.3 Å². The standard InChI is InChI=1S/C14H16N6O.C2H6/c15-13-4-12(9-2-1-3-16-5-9)19-14-11(7-17-20(13)14)10-6-18-21-8-10;1-2/h4,6-9,16H,1-3,5,15H2;1-2H3. The first-order valence-electron chi connectivity index (χ1n) is 8.07. The second-order valence-electron chi connectivity index (χ2n) is 5.36. The number of nitrogen functional groups attached to an aromatic ring is 1. The van der Waals surface area contributed by atoms with Gasteiger partial charge in [0.1, 0.15) is 12.1 Å². The molecule has 0 spiro atoms. The number of nitrogens with one attached hydrogen (secondary N) is 1. The molecule has 1 aliphatic rings. The maximum absolute atomic E-state index is 6.13. The average Bonchev–Trinajstić information content (AvgIpc) is 3.26. The second-order valence-corrected chi connectivity index (χ2v) is 5.36. The highest BCUT2D eigenvalue weighted by atomic mass is 16.5. The van der Waals surface area contributed by atoms with Crippen LogP contribution in [0.25, 0.3) is 16.8 Å². The van der Waals surface area contributed by atoms with E-state index >= 15 is 0 Å². The molecule has 0 radical (unpaired) electrons. The monoisotopic (exact) mass is 314 g/mol. The van der Waals surface area contributed by atoms with Crippen molar-refractivity contribution < 1.29 is 4.52 Å². The Morgan fingerprint density at radius 2 is 2.22 bits per heavy atom. The first kappa shape index (κ1) is 15.5. The van der Waals surface area contributed by atoms with Crippen LogP contribution in [0.2, 0.25) is 0 Å². The molecule has 23 heavy (non-hydrogen) atoms.